The second-order valence-electron chi connectivity index (χ2n) is 10.5. The van der Waals surface area contributed by atoms with Gasteiger partial charge < -0.3 is 24.6 Å². The number of likely N-dealkylation sites (tertiary alicyclic amines) is 1. The van der Waals surface area contributed by atoms with E-state index in [9.17, 15) is 13.6 Å². The molecule has 10 heteroatoms. The number of nitrogens with zero attached hydrogens (tertiary/aromatic N) is 4. The van der Waals surface area contributed by atoms with Crippen molar-refractivity contribution in [2.75, 3.05) is 32.1 Å². The molecule has 4 atom stereocenters. The predicted molar refractivity (Wildman–Crippen MR) is 145 cm³/mol. The molecule has 4 aromatic rings. The summed E-state index contributed by atoms with van der Waals surface area (Å²) in [6.45, 7) is 0.871. The molecule has 1 aliphatic heterocycles. The van der Waals surface area contributed by atoms with Crippen molar-refractivity contribution in [2.45, 2.75) is 44.1 Å². The van der Waals surface area contributed by atoms with Crippen LogP contribution in [0.15, 0.2) is 59.1 Å². The Morgan fingerprint density at radius 2 is 2.03 bits per heavy atom. The summed E-state index contributed by atoms with van der Waals surface area (Å²) in [7, 11) is 1.92. The Hall–Kier alpha value is -3.79. The molecule has 2 aromatic carbocycles. The van der Waals surface area contributed by atoms with Crippen molar-refractivity contribution in [1.29, 1.82) is 0 Å². The molecule has 1 saturated carbocycles. The summed E-state index contributed by atoms with van der Waals surface area (Å²) in [5.74, 6) is 0.737. The second-order valence-corrected chi connectivity index (χ2v) is 10.5. The molecule has 1 amide bonds. The number of halogens is 2. The topological polar surface area (TPSA) is 88.2 Å². The minimum absolute atomic E-state index is 0.0362. The molecule has 2 fully saturated rings. The van der Waals surface area contributed by atoms with Gasteiger partial charge in [0, 0.05) is 30.1 Å². The van der Waals surface area contributed by atoms with Gasteiger partial charge in [-0.15, -0.1) is 0 Å². The van der Waals surface area contributed by atoms with Gasteiger partial charge in [0.05, 0.1) is 30.3 Å². The standard InChI is InChI=1S/C29H32F2N6O2/c1-36-12-10-24(22(31)17-36)33-23-8-5-9-25-21(23)15-26(37(25)13-11-30)28-34-27(39-35-28)16-32-29(38)20-14-19(20)18-6-3-2-4-7-18/h2-9,15,19-20,22,24,33H,10-14,16-17H2,1H3,(H,32,38)/t19-,20?,22+,24-/m1/s1. The van der Waals surface area contributed by atoms with Gasteiger partial charge in [-0.05, 0) is 49.6 Å². The van der Waals surface area contributed by atoms with E-state index in [-0.39, 0.29) is 42.8 Å². The van der Waals surface area contributed by atoms with Gasteiger partial charge in [0.1, 0.15) is 12.8 Å². The maximum atomic E-state index is 14.7. The number of alkyl halides is 2. The Bertz CT molecular complexity index is 1450. The third-order valence-electron chi connectivity index (χ3n) is 7.81. The van der Waals surface area contributed by atoms with Crippen molar-refractivity contribution in [3.8, 4) is 11.5 Å². The van der Waals surface area contributed by atoms with E-state index >= 15 is 0 Å². The molecule has 2 aromatic heterocycles. The maximum Gasteiger partial charge on any atom is 0.246 e. The van der Waals surface area contributed by atoms with E-state index in [0.717, 1.165) is 29.6 Å². The first kappa shape index (κ1) is 25.5. The van der Waals surface area contributed by atoms with Gasteiger partial charge in [0.15, 0.2) is 0 Å². The van der Waals surface area contributed by atoms with E-state index in [1.54, 1.807) is 0 Å². The molecule has 39 heavy (non-hydrogen) atoms. The van der Waals surface area contributed by atoms with Crippen LogP contribution in [0, 0.1) is 5.92 Å². The number of rotatable bonds is 9. The van der Waals surface area contributed by atoms with Crippen molar-refractivity contribution in [3.05, 3.63) is 66.1 Å². The quantitative estimate of drug-likeness (QED) is 0.328. The van der Waals surface area contributed by atoms with Gasteiger partial charge in [-0.25, -0.2) is 8.78 Å². The van der Waals surface area contributed by atoms with E-state index < -0.39 is 12.8 Å². The number of nitrogens with one attached hydrogen (secondary N) is 2. The molecule has 8 nitrogen and oxygen atoms in total. The number of carbonyl (C=O) groups is 1. The highest BCUT2D eigenvalue weighted by molar-refractivity contribution is 5.96. The average molecular weight is 535 g/mol. The lowest BCUT2D eigenvalue weighted by Gasteiger charge is -2.33. The molecule has 6 rings (SSSR count). The Kier molecular flexibility index (Phi) is 7.03. The number of amides is 1. The number of benzene rings is 2. The summed E-state index contributed by atoms with van der Waals surface area (Å²) in [6.07, 6.45) is 0.532. The summed E-state index contributed by atoms with van der Waals surface area (Å²) in [6, 6.07) is 17.3. The molecule has 2 aliphatic rings. The van der Waals surface area contributed by atoms with Crippen LogP contribution in [0.25, 0.3) is 22.4 Å². The normalized spacial score (nSPS) is 23.2. The minimum atomic E-state index is -0.986. The van der Waals surface area contributed by atoms with Crippen LogP contribution in [-0.2, 0) is 17.9 Å². The Morgan fingerprint density at radius 1 is 1.18 bits per heavy atom. The zero-order valence-corrected chi connectivity index (χ0v) is 21.8. The van der Waals surface area contributed by atoms with E-state index in [1.807, 2.05) is 71.1 Å². The van der Waals surface area contributed by atoms with Gasteiger partial charge in [0.25, 0.3) is 0 Å². The first-order valence-corrected chi connectivity index (χ1v) is 13.4. The molecule has 1 aliphatic carbocycles. The lowest BCUT2D eigenvalue weighted by molar-refractivity contribution is -0.122. The number of aromatic nitrogens is 3. The van der Waals surface area contributed by atoms with E-state index in [1.165, 1.54) is 5.56 Å². The van der Waals surface area contributed by atoms with E-state index in [4.69, 9.17) is 4.52 Å². The highest BCUT2D eigenvalue weighted by Crippen LogP contribution is 2.47. The van der Waals surface area contributed by atoms with Crippen LogP contribution in [0.2, 0.25) is 0 Å². The number of fused-ring (bicyclic) bond motifs is 1. The predicted octanol–water partition coefficient (Wildman–Crippen LogP) is 4.53. The zero-order chi connectivity index (χ0) is 26.9. The first-order chi connectivity index (χ1) is 19.0. The highest BCUT2D eigenvalue weighted by Gasteiger charge is 2.43. The summed E-state index contributed by atoms with van der Waals surface area (Å²) in [5.41, 5.74) is 3.36. The molecular weight excluding hydrogens is 502 g/mol. The fourth-order valence-corrected chi connectivity index (χ4v) is 5.62. The summed E-state index contributed by atoms with van der Waals surface area (Å²) < 4.78 is 35.6. The zero-order valence-electron chi connectivity index (χ0n) is 21.8. The minimum Gasteiger partial charge on any atom is -0.379 e. The third-order valence-corrected chi connectivity index (χ3v) is 7.81. The number of carbonyl (C=O) groups excluding carboxylic acids is 1. The molecule has 2 N–H and O–H groups in total. The maximum absolute atomic E-state index is 14.7. The van der Waals surface area contributed by atoms with Crippen LogP contribution in [0.3, 0.4) is 0 Å². The number of piperidine rings is 1. The van der Waals surface area contributed by atoms with Gasteiger partial charge >= 0.3 is 0 Å². The second kappa shape index (κ2) is 10.8. The van der Waals surface area contributed by atoms with Gasteiger partial charge in [0.2, 0.25) is 17.6 Å². The number of hydrogen-bond acceptors (Lipinski definition) is 6. The molecule has 0 bridgehead atoms. The molecule has 1 saturated heterocycles. The first-order valence-electron chi connectivity index (χ1n) is 13.4. The summed E-state index contributed by atoms with van der Waals surface area (Å²) in [5, 5.41) is 11.2. The molecular formula is C29H32F2N6O2. The van der Waals surface area contributed by atoms with E-state index in [2.05, 4.69) is 20.8 Å². The fraction of sp³-hybridized carbons (Fsp3) is 0.414. The lowest BCUT2D eigenvalue weighted by Crippen LogP contribution is -2.46. The Balaban J connectivity index is 1.18. The van der Waals surface area contributed by atoms with Crippen LogP contribution >= 0.6 is 0 Å². The molecule has 204 valence electrons. The Labute approximate surface area is 225 Å². The largest absolute Gasteiger partial charge is 0.379 e. The molecule has 1 unspecified atom stereocenters. The SMILES string of the molecule is CN1CC[C@@H](Nc2cccc3c2cc(-c2noc(CNC(=O)C4C[C@@H]4c4ccccc4)n2)n3CCF)[C@@H](F)C1. The number of anilines is 1. The van der Waals surface area contributed by atoms with Crippen LogP contribution in [0.1, 0.15) is 30.2 Å². The van der Waals surface area contributed by atoms with Crippen LogP contribution < -0.4 is 10.6 Å². The van der Waals surface area contributed by atoms with Gasteiger partial charge in [-0.3, -0.25) is 4.79 Å². The third kappa shape index (κ3) is 5.25. The lowest BCUT2D eigenvalue weighted by atomic mass is 10.0. The average Bonchev–Trinajstić information content (AvgIpc) is 3.47. The van der Waals surface area contributed by atoms with Gasteiger partial charge in [-0.1, -0.05) is 41.6 Å². The Morgan fingerprint density at radius 3 is 2.82 bits per heavy atom. The van der Waals surface area contributed by atoms with Crippen LogP contribution in [0.5, 0.6) is 0 Å². The summed E-state index contributed by atoms with van der Waals surface area (Å²) >= 11 is 0. The molecule has 0 spiro atoms. The van der Waals surface area contributed by atoms with Gasteiger partial charge in [-0.2, -0.15) is 4.98 Å². The van der Waals surface area contributed by atoms with Crippen LogP contribution in [-0.4, -0.2) is 64.5 Å². The van der Waals surface area contributed by atoms with Crippen molar-refractivity contribution in [3.63, 3.8) is 0 Å². The highest BCUT2D eigenvalue weighted by atomic mass is 19.1. The number of aryl methyl sites for hydroxylation is 1. The smallest absolute Gasteiger partial charge is 0.246 e. The van der Waals surface area contributed by atoms with Crippen molar-refractivity contribution < 1.29 is 18.1 Å². The van der Waals surface area contributed by atoms with Crippen molar-refractivity contribution in [1.82, 2.24) is 24.9 Å². The monoisotopic (exact) mass is 534 g/mol. The molecule has 0 radical (unpaired) electrons. The van der Waals surface area contributed by atoms with Crippen LogP contribution in [0.4, 0.5) is 14.5 Å². The molecule has 3 heterocycles. The van der Waals surface area contributed by atoms with E-state index in [0.29, 0.717) is 24.5 Å². The summed E-state index contributed by atoms with van der Waals surface area (Å²) in [4.78, 5) is 19.1. The number of hydrogen-bond donors (Lipinski definition) is 2. The van der Waals surface area contributed by atoms with Crippen molar-refractivity contribution >= 4 is 22.5 Å². The van der Waals surface area contributed by atoms with Crippen molar-refractivity contribution in [2.24, 2.45) is 5.92 Å². The fourth-order valence-electron chi connectivity index (χ4n) is 5.62.